The number of aromatic nitrogens is 2. The Morgan fingerprint density at radius 2 is 2.12 bits per heavy atom. The Bertz CT molecular complexity index is 784. The van der Waals surface area contributed by atoms with Crippen LogP contribution in [0.25, 0.3) is 0 Å². The lowest BCUT2D eigenvalue weighted by Crippen LogP contribution is -2.53. The summed E-state index contributed by atoms with van der Waals surface area (Å²) >= 11 is 0. The minimum atomic E-state index is -1.33. The van der Waals surface area contributed by atoms with Crippen LogP contribution in [-0.4, -0.2) is 83.6 Å². The number of amides is 2. The SMILES string of the molecule is Cc1ncc2c(n1)N=C1C=CN(C3O[C@H](CO)[C@@H](O)[C@H]3O)C(=O)N1C2.O. The van der Waals surface area contributed by atoms with E-state index in [1.165, 1.54) is 16.0 Å². The predicted molar refractivity (Wildman–Crippen MR) is 87.2 cm³/mol. The lowest BCUT2D eigenvalue weighted by molar-refractivity contribution is -0.0679. The van der Waals surface area contributed by atoms with E-state index in [0.29, 0.717) is 23.0 Å². The standard InChI is InChI=1S/C15H17N5O5.H2O/c1-7-16-4-8-5-20-10(18-13(8)17-7)2-3-19(15(20)24)14-12(23)11(22)9(6-21)25-14;/h2-4,9,11-12,14,21-23H,5-6H2,1H3;1H2/t9-,11-,12-,14?;/m1./s1. The van der Waals surface area contributed by atoms with Gasteiger partial charge in [0.1, 0.15) is 30.0 Å². The predicted octanol–water partition coefficient (Wildman–Crippen LogP) is -1.81. The molecule has 4 rings (SSSR count). The normalized spacial score (nSPS) is 29.8. The summed E-state index contributed by atoms with van der Waals surface area (Å²) in [6.45, 7) is 1.54. The van der Waals surface area contributed by atoms with Crippen molar-refractivity contribution in [2.24, 2.45) is 4.99 Å². The molecule has 1 aromatic heterocycles. The highest BCUT2D eigenvalue weighted by atomic mass is 16.6. The summed E-state index contributed by atoms with van der Waals surface area (Å²) in [5, 5.41) is 29.2. The van der Waals surface area contributed by atoms with Crippen molar-refractivity contribution in [2.75, 3.05) is 6.61 Å². The number of aliphatic imine (C=N–C) groups is 1. The molecule has 5 N–H and O–H groups in total. The number of urea groups is 1. The molecule has 0 aromatic carbocycles. The maximum atomic E-state index is 12.8. The highest BCUT2D eigenvalue weighted by molar-refractivity contribution is 6.08. The van der Waals surface area contributed by atoms with Crippen molar-refractivity contribution in [1.29, 1.82) is 0 Å². The summed E-state index contributed by atoms with van der Waals surface area (Å²) in [6.07, 6.45) is 0.0355. The van der Waals surface area contributed by atoms with Gasteiger partial charge in [0.15, 0.2) is 12.0 Å². The van der Waals surface area contributed by atoms with Crippen LogP contribution in [0.4, 0.5) is 10.6 Å². The van der Waals surface area contributed by atoms with Gasteiger partial charge in [-0.2, -0.15) is 0 Å². The number of hydrogen-bond acceptors (Lipinski definition) is 8. The zero-order valence-corrected chi connectivity index (χ0v) is 13.8. The molecular weight excluding hydrogens is 346 g/mol. The molecule has 26 heavy (non-hydrogen) atoms. The van der Waals surface area contributed by atoms with E-state index in [1.807, 2.05) is 0 Å². The van der Waals surface area contributed by atoms with Crippen molar-refractivity contribution < 1.29 is 30.3 Å². The number of carbonyl (C=O) groups excluding carboxylic acids is 1. The molecule has 0 aliphatic carbocycles. The average molecular weight is 365 g/mol. The van der Waals surface area contributed by atoms with Crippen LogP contribution in [0, 0.1) is 6.92 Å². The van der Waals surface area contributed by atoms with Crippen molar-refractivity contribution in [3.8, 4) is 0 Å². The first-order valence-electron chi connectivity index (χ1n) is 7.81. The monoisotopic (exact) mass is 365 g/mol. The van der Waals surface area contributed by atoms with Gasteiger partial charge in [-0.05, 0) is 13.0 Å². The number of rotatable bonds is 2. The Morgan fingerprint density at radius 1 is 1.35 bits per heavy atom. The van der Waals surface area contributed by atoms with E-state index in [1.54, 1.807) is 19.2 Å². The first kappa shape index (κ1) is 18.4. The molecule has 0 radical (unpaired) electrons. The van der Waals surface area contributed by atoms with E-state index in [-0.39, 0.29) is 12.0 Å². The molecule has 0 spiro atoms. The summed E-state index contributed by atoms with van der Waals surface area (Å²) < 4.78 is 5.42. The quantitative estimate of drug-likeness (QED) is 0.556. The smallest absolute Gasteiger partial charge is 0.332 e. The van der Waals surface area contributed by atoms with Gasteiger partial charge in [-0.25, -0.2) is 19.8 Å². The Morgan fingerprint density at radius 3 is 2.81 bits per heavy atom. The van der Waals surface area contributed by atoms with Gasteiger partial charge in [-0.3, -0.25) is 9.80 Å². The number of nitrogens with zero attached hydrogens (tertiary/aromatic N) is 5. The second kappa shape index (κ2) is 6.70. The number of aliphatic hydroxyl groups excluding tert-OH is 3. The molecule has 0 saturated carbocycles. The number of fused-ring (bicyclic) bond motifs is 2. The van der Waals surface area contributed by atoms with Crippen LogP contribution >= 0.6 is 0 Å². The molecule has 1 saturated heterocycles. The third kappa shape index (κ3) is 2.75. The molecule has 2 amide bonds. The highest BCUT2D eigenvalue weighted by Crippen LogP contribution is 2.30. The van der Waals surface area contributed by atoms with Crippen molar-refractivity contribution in [1.82, 2.24) is 19.8 Å². The molecule has 140 valence electrons. The third-order valence-electron chi connectivity index (χ3n) is 4.41. The number of aryl methyl sites for hydroxylation is 1. The third-order valence-corrected chi connectivity index (χ3v) is 4.41. The number of hydrogen-bond donors (Lipinski definition) is 3. The van der Waals surface area contributed by atoms with E-state index < -0.39 is 37.2 Å². The van der Waals surface area contributed by atoms with Crippen molar-refractivity contribution >= 4 is 17.7 Å². The molecule has 1 fully saturated rings. The van der Waals surface area contributed by atoms with Crippen molar-refractivity contribution in [3.63, 3.8) is 0 Å². The second-order valence-corrected chi connectivity index (χ2v) is 6.06. The Hall–Kier alpha value is -2.44. The fraction of sp³-hybridized carbons (Fsp3) is 0.467. The molecular formula is C15H19N5O6. The molecule has 0 bridgehead atoms. The first-order valence-corrected chi connectivity index (χ1v) is 7.81. The number of carbonyl (C=O) groups is 1. The maximum absolute atomic E-state index is 12.8. The number of aliphatic hydroxyl groups is 3. The van der Waals surface area contributed by atoms with Gasteiger partial charge < -0.3 is 25.5 Å². The van der Waals surface area contributed by atoms with Crippen LogP contribution in [0.1, 0.15) is 11.4 Å². The zero-order valence-electron chi connectivity index (χ0n) is 13.8. The molecule has 3 aliphatic rings. The van der Waals surface area contributed by atoms with E-state index in [0.717, 1.165) is 0 Å². The van der Waals surface area contributed by atoms with Crippen molar-refractivity contribution in [2.45, 2.75) is 38.0 Å². The van der Waals surface area contributed by atoms with Gasteiger partial charge in [-0.15, -0.1) is 0 Å². The molecule has 1 unspecified atom stereocenters. The fourth-order valence-corrected chi connectivity index (χ4v) is 3.06. The summed E-state index contributed by atoms with van der Waals surface area (Å²) in [4.78, 5) is 28.2. The Kier molecular flexibility index (Phi) is 4.73. The van der Waals surface area contributed by atoms with Gasteiger partial charge >= 0.3 is 6.03 Å². The average Bonchev–Trinajstić information content (AvgIpc) is 2.89. The molecule has 3 aliphatic heterocycles. The fourth-order valence-electron chi connectivity index (χ4n) is 3.06. The second-order valence-electron chi connectivity index (χ2n) is 6.06. The van der Waals surface area contributed by atoms with Gasteiger partial charge in [0.05, 0.1) is 13.2 Å². The van der Waals surface area contributed by atoms with Crippen LogP contribution < -0.4 is 0 Å². The highest BCUT2D eigenvalue weighted by Gasteiger charge is 2.48. The molecule has 4 atom stereocenters. The Balaban J connectivity index is 0.00000196. The molecule has 11 heteroatoms. The van der Waals surface area contributed by atoms with Gasteiger partial charge in [0.25, 0.3) is 0 Å². The van der Waals surface area contributed by atoms with Gasteiger partial charge in [0.2, 0.25) is 0 Å². The maximum Gasteiger partial charge on any atom is 0.332 e. The first-order chi connectivity index (χ1) is 12.0. The van der Waals surface area contributed by atoms with Crippen LogP contribution in [0.3, 0.4) is 0 Å². The van der Waals surface area contributed by atoms with Gasteiger partial charge in [-0.1, -0.05) is 0 Å². The minimum Gasteiger partial charge on any atom is -0.412 e. The summed E-state index contributed by atoms with van der Waals surface area (Å²) in [5.74, 6) is 1.55. The van der Waals surface area contributed by atoms with E-state index in [9.17, 15) is 20.1 Å². The van der Waals surface area contributed by atoms with E-state index in [4.69, 9.17) is 4.74 Å². The number of ether oxygens (including phenoxy) is 1. The summed E-state index contributed by atoms with van der Waals surface area (Å²) in [5.41, 5.74) is 0.708. The van der Waals surface area contributed by atoms with E-state index in [2.05, 4.69) is 15.0 Å². The van der Waals surface area contributed by atoms with E-state index >= 15 is 0 Å². The lowest BCUT2D eigenvalue weighted by Gasteiger charge is -2.37. The van der Waals surface area contributed by atoms with Crippen LogP contribution in [0.15, 0.2) is 23.5 Å². The zero-order chi connectivity index (χ0) is 17.7. The number of amidine groups is 1. The molecule has 4 heterocycles. The Labute approximate surface area is 148 Å². The topological polar surface area (TPSA) is 163 Å². The van der Waals surface area contributed by atoms with Crippen LogP contribution in [0.5, 0.6) is 0 Å². The van der Waals surface area contributed by atoms with Crippen molar-refractivity contribution in [3.05, 3.63) is 29.9 Å². The summed E-state index contributed by atoms with van der Waals surface area (Å²) in [7, 11) is 0. The van der Waals surface area contributed by atoms with Gasteiger partial charge in [0, 0.05) is 18.0 Å². The van der Waals surface area contributed by atoms with Crippen LogP contribution in [-0.2, 0) is 11.3 Å². The summed E-state index contributed by atoms with van der Waals surface area (Å²) in [6, 6.07) is -0.456. The lowest BCUT2D eigenvalue weighted by atomic mass is 10.1. The molecule has 11 nitrogen and oxygen atoms in total. The molecule has 1 aromatic rings. The van der Waals surface area contributed by atoms with Crippen LogP contribution in [0.2, 0.25) is 0 Å². The minimum absolute atomic E-state index is 0. The largest absolute Gasteiger partial charge is 0.412 e.